The fourth-order valence-corrected chi connectivity index (χ4v) is 14.2. The SMILES string of the molecule is CC1(C)CCC(C)(C)c2c(N(c3cc4c(c(-c5ccccc5)c3)C3(c5ccccc5O4)C4CC5CC(C4)CC3C5)c3cccc4c3C(C)(C)CCC4(C)C)cccc21. The van der Waals surface area contributed by atoms with Gasteiger partial charge in [-0.15, -0.1) is 0 Å². The van der Waals surface area contributed by atoms with Crippen LogP contribution in [-0.2, 0) is 27.1 Å². The van der Waals surface area contributed by atoms with Crippen molar-refractivity contribution in [1.82, 2.24) is 0 Å². The van der Waals surface area contributed by atoms with Crippen LogP contribution in [0.5, 0.6) is 11.5 Å². The van der Waals surface area contributed by atoms with Gasteiger partial charge in [-0.3, -0.25) is 0 Å². The fourth-order valence-electron chi connectivity index (χ4n) is 14.2. The molecule has 0 aromatic heterocycles. The van der Waals surface area contributed by atoms with Crippen molar-refractivity contribution in [3.8, 4) is 22.6 Å². The molecule has 58 heavy (non-hydrogen) atoms. The van der Waals surface area contributed by atoms with Crippen molar-refractivity contribution in [3.63, 3.8) is 0 Å². The van der Waals surface area contributed by atoms with Crippen molar-refractivity contribution in [1.29, 1.82) is 0 Å². The summed E-state index contributed by atoms with van der Waals surface area (Å²) in [5.74, 6) is 5.15. The van der Waals surface area contributed by atoms with E-state index in [0.717, 1.165) is 36.2 Å². The molecule has 0 saturated heterocycles. The van der Waals surface area contributed by atoms with Gasteiger partial charge >= 0.3 is 0 Å². The van der Waals surface area contributed by atoms with Crippen LogP contribution in [0.1, 0.15) is 147 Å². The lowest BCUT2D eigenvalue weighted by Gasteiger charge is -2.63. The van der Waals surface area contributed by atoms with E-state index in [-0.39, 0.29) is 27.1 Å². The molecule has 5 aromatic carbocycles. The molecule has 0 atom stereocenters. The highest BCUT2D eigenvalue weighted by atomic mass is 16.5. The molecule has 1 heterocycles. The van der Waals surface area contributed by atoms with E-state index in [1.54, 1.807) is 0 Å². The molecule has 298 valence electrons. The predicted octanol–water partition coefficient (Wildman–Crippen LogP) is 15.4. The summed E-state index contributed by atoms with van der Waals surface area (Å²) in [6.07, 6.45) is 11.5. The zero-order valence-corrected chi connectivity index (χ0v) is 36.3. The Morgan fingerprint density at radius 3 is 1.53 bits per heavy atom. The van der Waals surface area contributed by atoms with Crippen molar-refractivity contribution in [2.45, 2.75) is 140 Å². The second-order valence-corrected chi connectivity index (χ2v) is 22.3. The van der Waals surface area contributed by atoms with Gasteiger partial charge in [-0.1, -0.05) is 128 Å². The average molecular weight is 766 g/mol. The minimum absolute atomic E-state index is 0.0136. The maximum absolute atomic E-state index is 7.38. The van der Waals surface area contributed by atoms with Crippen LogP contribution in [-0.4, -0.2) is 0 Å². The van der Waals surface area contributed by atoms with E-state index in [2.05, 4.69) is 163 Å². The first-order valence-electron chi connectivity index (χ1n) is 22.8. The van der Waals surface area contributed by atoms with Crippen LogP contribution in [0.15, 0.2) is 103 Å². The fraction of sp³-hybridized carbons (Fsp3) is 0.464. The minimum Gasteiger partial charge on any atom is -0.457 e. The summed E-state index contributed by atoms with van der Waals surface area (Å²) in [6.45, 7) is 19.8. The number of hydrogen-bond acceptors (Lipinski definition) is 2. The van der Waals surface area contributed by atoms with Crippen LogP contribution in [0.2, 0.25) is 0 Å². The second kappa shape index (κ2) is 12.4. The molecule has 0 amide bonds. The van der Waals surface area contributed by atoms with Crippen LogP contribution in [0, 0.1) is 23.7 Å². The molecule has 2 nitrogen and oxygen atoms in total. The summed E-state index contributed by atoms with van der Waals surface area (Å²) in [4.78, 5) is 2.71. The van der Waals surface area contributed by atoms with Crippen LogP contribution in [0.4, 0.5) is 17.1 Å². The predicted molar refractivity (Wildman–Crippen MR) is 241 cm³/mol. The molecule has 1 aliphatic heterocycles. The number of rotatable bonds is 4. The van der Waals surface area contributed by atoms with Gasteiger partial charge in [-0.25, -0.2) is 0 Å². The molecule has 0 unspecified atom stereocenters. The lowest BCUT2D eigenvalue weighted by atomic mass is 9.41. The van der Waals surface area contributed by atoms with Crippen molar-refractivity contribution in [2.75, 3.05) is 4.90 Å². The Balaban J connectivity index is 1.25. The Morgan fingerprint density at radius 1 is 0.466 bits per heavy atom. The van der Waals surface area contributed by atoms with E-state index >= 15 is 0 Å². The number of benzene rings is 5. The normalized spacial score (nSPS) is 28.5. The third-order valence-electron chi connectivity index (χ3n) is 17.0. The molecular weight excluding hydrogens is 703 g/mol. The van der Waals surface area contributed by atoms with Gasteiger partial charge in [0.25, 0.3) is 0 Å². The summed E-state index contributed by atoms with van der Waals surface area (Å²) < 4.78 is 7.38. The summed E-state index contributed by atoms with van der Waals surface area (Å²) in [5, 5.41) is 0. The number of ether oxygens (including phenoxy) is 1. The quantitative estimate of drug-likeness (QED) is 0.181. The molecule has 7 aliphatic rings. The maximum atomic E-state index is 7.38. The van der Waals surface area contributed by atoms with E-state index in [0.29, 0.717) is 11.8 Å². The molecule has 0 N–H and O–H groups in total. The molecule has 0 radical (unpaired) electrons. The van der Waals surface area contributed by atoms with E-state index in [1.807, 2.05) is 0 Å². The number of anilines is 3. The average Bonchev–Trinajstić information content (AvgIpc) is 3.20. The van der Waals surface area contributed by atoms with Gasteiger partial charge in [0.15, 0.2) is 0 Å². The maximum Gasteiger partial charge on any atom is 0.134 e. The van der Waals surface area contributed by atoms with Gasteiger partial charge in [0.2, 0.25) is 0 Å². The number of fused-ring (bicyclic) bond motifs is 4. The van der Waals surface area contributed by atoms with E-state index in [9.17, 15) is 0 Å². The van der Waals surface area contributed by atoms with Gasteiger partial charge in [-0.05, 0) is 161 Å². The number of para-hydroxylation sites is 1. The zero-order chi connectivity index (χ0) is 40.0. The molecule has 6 aliphatic carbocycles. The Bertz CT molecular complexity index is 2350. The Kier molecular flexibility index (Phi) is 7.84. The molecule has 12 rings (SSSR count). The smallest absolute Gasteiger partial charge is 0.134 e. The third-order valence-corrected chi connectivity index (χ3v) is 17.0. The zero-order valence-electron chi connectivity index (χ0n) is 36.3. The molecule has 4 fully saturated rings. The standard InChI is InChI=1S/C56H63NO/c1-52(2)24-26-54(5,6)50-43(52)19-14-21-45(50)57(46-22-15-20-44-51(46)55(7,8)27-25-53(44,3)4)40-33-41(37-16-10-9-11-17-37)49-48(34-40)58-47-23-13-12-18-42(47)56(49)38-29-35-28-36(31-38)32-39(56)30-35/h9-23,33-36,38-39H,24-32H2,1-8H3. The molecule has 1 spiro atoms. The summed E-state index contributed by atoms with van der Waals surface area (Å²) in [7, 11) is 0. The minimum atomic E-state index is -0.0536. The Hall–Kier alpha value is -4.30. The number of nitrogens with zero attached hydrogens (tertiary/aromatic N) is 1. The largest absolute Gasteiger partial charge is 0.457 e. The first-order chi connectivity index (χ1) is 27.7. The van der Waals surface area contributed by atoms with Gasteiger partial charge in [0, 0.05) is 22.6 Å². The van der Waals surface area contributed by atoms with E-state index < -0.39 is 0 Å². The lowest BCUT2D eigenvalue weighted by molar-refractivity contribution is -0.0449. The molecule has 4 saturated carbocycles. The highest BCUT2D eigenvalue weighted by molar-refractivity contribution is 5.89. The van der Waals surface area contributed by atoms with Crippen molar-refractivity contribution < 1.29 is 4.74 Å². The monoisotopic (exact) mass is 765 g/mol. The highest BCUT2D eigenvalue weighted by Gasteiger charge is 2.62. The van der Waals surface area contributed by atoms with Crippen LogP contribution < -0.4 is 9.64 Å². The topological polar surface area (TPSA) is 12.5 Å². The van der Waals surface area contributed by atoms with E-state index in [1.165, 1.54) is 107 Å². The van der Waals surface area contributed by atoms with Crippen LogP contribution in [0.25, 0.3) is 11.1 Å². The highest BCUT2D eigenvalue weighted by Crippen LogP contribution is 2.70. The summed E-state index contributed by atoms with van der Waals surface area (Å²) in [6, 6.07) is 40.1. The Morgan fingerprint density at radius 2 is 0.966 bits per heavy atom. The van der Waals surface area contributed by atoms with Crippen molar-refractivity contribution >= 4 is 17.1 Å². The first-order valence-corrected chi connectivity index (χ1v) is 22.8. The summed E-state index contributed by atoms with van der Waals surface area (Å²) in [5.41, 5.74) is 15.5. The summed E-state index contributed by atoms with van der Waals surface area (Å²) >= 11 is 0. The van der Waals surface area contributed by atoms with Crippen molar-refractivity contribution in [2.24, 2.45) is 23.7 Å². The molecule has 2 heteroatoms. The van der Waals surface area contributed by atoms with Gasteiger partial charge in [0.05, 0.1) is 17.1 Å². The van der Waals surface area contributed by atoms with Gasteiger partial charge in [0.1, 0.15) is 11.5 Å². The molecular formula is C56H63NO. The van der Waals surface area contributed by atoms with Crippen LogP contribution in [0.3, 0.4) is 0 Å². The van der Waals surface area contributed by atoms with Crippen LogP contribution >= 0.6 is 0 Å². The third kappa shape index (κ3) is 5.15. The first kappa shape index (κ1) is 36.8. The molecule has 4 bridgehead atoms. The van der Waals surface area contributed by atoms with Gasteiger partial charge < -0.3 is 9.64 Å². The molecule has 5 aromatic rings. The van der Waals surface area contributed by atoms with Crippen molar-refractivity contribution in [3.05, 3.63) is 137 Å². The number of hydrogen-bond donors (Lipinski definition) is 0. The van der Waals surface area contributed by atoms with Gasteiger partial charge in [-0.2, -0.15) is 0 Å². The Labute approximate surface area is 348 Å². The second-order valence-electron chi connectivity index (χ2n) is 22.3. The van der Waals surface area contributed by atoms with E-state index in [4.69, 9.17) is 4.74 Å². The lowest BCUT2D eigenvalue weighted by Crippen LogP contribution is -2.57.